The molecule has 1 aromatic heterocycles. The molecule has 1 aliphatic heterocycles. The molecule has 1 aliphatic rings. The molecule has 0 bridgehead atoms. The molecule has 2 aromatic rings. The highest BCUT2D eigenvalue weighted by molar-refractivity contribution is 5.88. The average molecular weight is 346 g/mol. The van der Waals surface area contributed by atoms with Crippen molar-refractivity contribution in [1.82, 2.24) is 14.9 Å². The van der Waals surface area contributed by atoms with Crippen LogP contribution in [-0.4, -0.2) is 47.8 Å². The molecule has 2 amide bonds. The lowest BCUT2D eigenvalue weighted by atomic mass is 10.1. The molecule has 0 aliphatic carbocycles. The Morgan fingerprint density at radius 3 is 2.96 bits per heavy atom. The molecule has 25 heavy (non-hydrogen) atoms. The number of halogens is 1. The van der Waals surface area contributed by atoms with Crippen molar-refractivity contribution in [3.05, 3.63) is 53.7 Å². The van der Waals surface area contributed by atoms with Gasteiger partial charge in [-0.1, -0.05) is 12.1 Å². The maximum absolute atomic E-state index is 13.1. The number of urea groups is 1. The third-order valence-corrected chi connectivity index (χ3v) is 3.90. The summed E-state index contributed by atoms with van der Waals surface area (Å²) in [5.41, 5.74) is 1.49. The van der Waals surface area contributed by atoms with Crippen LogP contribution in [0.1, 0.15) is 17.3 Å². The number of anilines is 1. The molecule has 3 rings (SSSR count). The molecule has 0 unspecified atom stereocenters. The first-order chi connectivity index (χ1) is 12.2. The van der Waals surface area contributed by atoms with Crippen LogP contribution in [-0.2, 0) is 16.1 Å². The predicted molar refractivity (Wildman–Crippen MR) is 88.4 cm³/mol. The lowest BCUT2D eigenvalue weighted by molar-refractivity contribution is 0.0147. The fourth-order valence-electron chi connectivity index (χ4n) is 2.68. The summed E-state index contributed by atoms with van der Waals surface area (Å²) in [6.45, 7) is 1.58. The van der Waals surface area contributed by atoms with E-state index in [1.54, 1.807) is 30.2 Å². The second-order valence-electron chi connectivity index (χ2n) is 5.59. The minimum atomic E-state index is -0.317. The van der Waals surface area contributed by atoms with E-state index in [2.05, 4.69) is 15.3 Å². The number of carbonyl (C=O) groups is 1. The molecular formula is C17H19FN4O3. The predicted octanol–water partition coefficient (Wildman–Crippen LogP) is 2.37. The van der Waals surface area contributed by atoms with Gasteiger partial charge < -0.3 is 14.4 Å². The van der Waals surface area contributed by atoms with Crippen LogP contribution in [0.25, 0.3) is 0 Å². The van der Waals surface area contributed by atoms with Gasteiger partial charge in [0.25, 0.3) is 0 Å². The van der Waals surface area contributed by atoms with Gasteiger partial charge in [-0.25, -0.2) is 19.2 Å². The first-order valence-electron chi connectivity index (χ1n) is 7.88. The molecule has 1 fully saturated rings. The number of hydrogen-bond acceptors (Lipinski definition) is 5. The van der Waals surface area contributed by atoms with Crippen LogP contribution >= 0.6 is 0 Å². The number of aromatic nitrogens is 2. The summed E-state index contributed by atoms with van der Waals surface area (Å²) >= 11 is 0. The first kappa shape index (κ1) is 17.2. The topological polar surface area (TPSA) is 76.6 Å². The number of rotatable bonds is 4. The zero-order valence-corrected chi connectivity index (χ0v) is 13.8. The van der Waals surface area contributed by atoms with E-state index in [0.717, 1.165) is 5.56 Å². The first-order valence-corrected chi connectivity index (χ1v) is 7.88. The highest BCUT2D eigenvalue weighted by atomic mass is 19.1. The third-order valence-electron chi connectivity index (χ3n) is 3.90. The van der Waals surface area contributed by atoms with Crippen molar-refractivity contribution in [2.75, 3.05) is 32.2 Å². The molecule has 0 saturated carbocycles. The Balaban J connectivity index is 1.74. The maximum Gasteiger partial charge on any atom is 0.323 e. The quantitative estimate of drug-likeness (QED) is 0.920. The van der Waals surface area contributed by atoms with Gasteiger partial charge in [0.2, 0.25) is 0 Å². The second-order valence-corrected chi connectivity index (χ2v) is 5.59. The number of nitrogens with one attached hydrogen (secondary N) is 1. The van der Waals surface area contributed by atoms with E-state index in [-0.39, 0.29) is 17.9 Å². The van der Waals surface area contributed by atoms with Crippen molar-refractivity contribution in [3.63, 3.8) is 0 Å². The Hall–Kier alpha value is -2.58. The number of methoxy groups -OCH3 is 1. The molecule has 7 nitrogen and oxygen atoms in total. The Kier molecular flexibility index (Phi) is 5.52. The summed E-state index contributed by atoms with van der Waals surface area (Å²) in [5, 5.41) is 2.77. The number of benzene rings is 1. The van der Waals surface area contributed by atoms with Crippen LogP contribution in [0.4, 0.5) is 15.0 Å². The molecule has 1 saturated heterocycles. The number of nitrogens with zero attached hydrogens (tertiary/aromatic N) is 3. The summed E-state index contributed by atoms with van der Waals surface area (Å²) < 4.78 is 23.7. The zero-order chi connectivity index (χ0) is 17.6. The SMILES string of the molecule is COCc1cc(NC(=O)N2CCOC[C@H]2c2ccc(F)cc2)ncn1. The van der Waals surface area contributed by atoms with Gasteiger partial charge in [-0.15, -0.1) is 0 Å². The Morgan fingerprint density at radius 2 is 2.20 bits per heavy atom. The summed E-state index contributed by atoms with van der Waals surface area (Å²) in [4.78, 5) is 22.5. The number of carbonyl (C=O) groups excluding carboxylic acids is 1. The lowest BCUT2D eigenvalue weighted by Crippen LogP contribution is -2.45. The van der Waals surface area contributed by atoms with Crippen molar-refractivity contribution < 1.29 is 18.7 Å². The fraction of sp³-hybridized carbons (Fsp3) is 0.353. The molecular weight excluding hydrogens is 327 g/mol. The normalized spacial score (nSPS) is 17.4. The van der Waals surface area contributed by atoms with Gasteiger partial charge in [-0.3, -0.25) is 5.32 Å². The van der Waals surface area contributed by atoms with E-state index in [9.17, 15) is 9.18 Å². The van der Waals surface area contributed by atoms with Gasteiger partial charge >= 0.3 is 6.03 Å². The largest absolute Gasteiger partial charge is 0.378 e. The molecule has 1 aromatic carbocycles. The highest BCUT2D eigenvalue weighted by Crippen LogP contribution is 2.25. The number of ether oxygens (including phenoxy) is 2. The van der Waals surface area contributed by atoms with Crippen LogP contribution in [0.3, 0.4) is 0 Å². The fourth-order valence-corrected chi connectivity index (χ4v) is 2.68. The van der Waals surface area contributed by atoms with Gasteiger partial charge in [0.15, 0.2) is 0 Å². The van der Waals surface area contributed by atoms with E-state index in [1.165, 1.54) is 18.5 Å². The van der Waals surface area contributed by atoms with Crippen LogP contribution in [0, 0.1) is 5.82 Å². The van der Waals surface area contributed by atoms with E-state index in [1.807, 2.05) is 0 Å². The standard InChI is InChI=1S/C17H19FN4O3/c1-24-9-14-8-16(20-11-19-14)21-17(23)22-6-7-25-10-15(22)12-2-4-13(18)5-3-12/h2-5,8,11,15H,6-7,9-10H2,1H3,(H,19,20,21,23)/t15-/m0/s1. The zero-order valence-electron chi connectivity index (χ0n) is 13.8. The Morgan fingerprint density at radius 1 is 1.40 bits per heavy atom. The average Bonchev–Trinajstić information content (AvgIpc) is 2.63. The van der Waals surface area contributed by atoms with Gasteiger partial charge in [0.05, 0.1) is 31.6 Å². The molecule has 1 N–H and O–H groups in total. The summed E-state index contributed by atoms with van der Waals surface area (Å²) in [6.07, 6.45) is 1.38. The summed E-state index contributed by atoms with van der Waals surface area (Å²) in [6, 6.07) is 7.17. The molecule has 0 radical (unpaired) electrons. The van der Waals surface area contributed by atoms with Gasteiger partial charge in [-0.2, -0.15) is 0 Å². The van der Waals surface area contributed by atoms with Crippen molar-refractivity contribution in [2.24, 2.45) is 0 Å². The smallest absolute Gasteiger partial charge is 0.323 e. The van der Waals surface area contributed by atoms with Crippen LogP contribution in [0.5, 0.6) is 0 Å². The van der Waals surface area contributed by atoms with E-state index < -0.39 is 0 Å². The van der Waals surface area contributed by atoms with Gasteiger partial charge in [-0.05, 0) is 17.7 Å². The minimum Gasteiger partial charge on any atom is -0.378 e. The lowest BCUT2D eigenvalue weighted by Gasteiger charge is -2.35. The second kappa shape index (κ2) is 8.00. The summed E-state index contributed by atoms with van der Waals surface area (Å²) in [7, 11) is 1.57. The van der Waals surface area contributed by atoms with E-state index in [4.69, 9.17) is 9.47 Å². The third kappa shape index (κ3) is 4.28. The van der Waals surface area contributed by atoms with Gasteiger partial charge in [0, 0.05) is 19.7 Å². The monoisotopic (exact) mass is 346 g/mol. The van der Waals surface area contributed by atoms with E-state index >= 15 is 0 Å². The van der Waals surface area contributed by atoms with Crippen LogP contribution in [0.15, 0.2) is 36.7 Å². The van der Waals surface area contributed by atoms with E-state index in [0.29, 0.717) is 37.9 Å². The summed E-state index contributed by atoms with van der Waals surface area (Å²) in [5.74, 6) is 0.0829. The van der Waals surface area contributed by atoms with Crippen LogP contribution in [0.2, 0.25) is 0 Å². The maximum atomic E-state index is 13.1. The van der Waals surface area contributed by atoms with Crippen molar-refractivity contribution in [1.29, 1.82) is 0 Å². The minimum absolute atomic E-state index is 0.283. The molecule has 8 heteroatoms. The number of morpholine rings is 1. The number of amides is 2. The van der Waals surface area contributed by atoms with Crippen LogP contribution < -0.4 is 5.32 Å². The molecule has 0 spiro atoms. The van der Waals surface area contributed by atoms with Gasteiger partial charge in [0.1, 0.15) is 18.0 Å². The van der Waals surface area contributed by atoms with Crippen molar-refractivity contribution in [3.8, 4) is 0 Å². The van der Waals surface area contributed by atoms with Crippen molar-refractivity contribution in [2.45, 2.75) is 12.6 Å². The molecule has 1 atom stereocenters. The molecule has 132 valence electrons. The Labute approximate surface area is 144 Å². The Bertz CT molecular complexity index is 726. The molecule has 2 heterocycles. The number of hydrogen-bond donors (Lipinski definition) is 1. The highest BCUT2D eigenvalue weighted by Gasteiger charge is 2.29. The van der Waals surface area contributed by atoms with Crippen molar-refractivity contribution >= 4 is 11.8 Å².